The number of hydrogen-bond acceptors (Lipinski definition) is 6. The van der Waals surface area contributed by atoms with Gasteiger partial charge in [0, 0.05) is 12.1 Å². The summed E-state index contributed by atoms with van der Waals surface area (Å²) in [5.41, 5.74) is -0.153. The van der Waals surface area contributed by atoms with E-state index in [2.05, 4.69) is 37.7 Å². The molecular formula is C17H26N2O5. The van der Waals surface area contributed by atoms with Crippen molar-refractivity contribution in [2.45, 2.75) is 46.1 Å². The molecule has 0 spiro atoms. The van der Waals surface area contributed by atoms with Crippen LogP contribution in [0.25, 0.3) is 0 Å². The third kappa shape index (κ3) is 6.96. The van der Waals surface area contributed by atoms with Crippen LogP contribution in [0, 0.1) is 10.8 Å². The average Bonchev–Trinajstić information content (AvgIpc) is 2.47. The highest BCUT2D eigenvalue weighted by molar-refractivity contribution is 5.81. The Bertz CT molecular complexity index is 525. The summed E-state index contributed by atoms with van der Waals surface area (Å²) in [4.78, 5) is 36.9. The lowest BCUT2D eigenvalue weighted by atomic mass is 9.62. The Morgan fingerprint density at radius 2 is 1.96 bits per heavy atom. The standard InChI is InChI=1S/C17H26N2O5/c1-5-14(21)23-6-7-24-15(22)19-13-8-16(2,3)10-17(4,9-13)11-18-12-20/h5,13H,1,6-11H2,2-4H3,(H,19,22). The van der Waals surface area contributed by atoms with Gasteiger partial charge in [0.2, 0.25) is 6.08 Å². The zero-order valence-corrected chi connectivity index (χ0v) is 14.6. The predicted octanol–water partition coefficient (Wildman–Crippen LogP) is 2.36. The van der Waals surface area contributed by atoms with Gasteiger partial charge in [-0.1, -0.05) is 27.4 Å². The Kier molecular flexibility index (Phi) is 7.17. The van der Waals surface area contributed by atoms with Crippen molar-refractivity contribution in [1.29, 1.82) is 0 Å². The maximum Gasteiger partial charge on any atom is 0.407 e. The molecule has 0 aromatic heterocycles. The van der Waals surface area contributed by atoms with Crippen LogP contribution in [0.15, 0.2) is 17.6 Å². The molecule has 0 heterocycles. The van der Waals surface area contributed by atoms with Crippen molar-refractivity contribution in [3.63, 3.8) is 0 Å². The van der Waals surface area contributed by atoms with Gasteiger partial charge < -0.3 is 14.8 Å². The highest BCUT2D eigenvalue weighted by Gasteiger charge is 2.41. The molecule has 1 aliphatic rings. The minimum atomic E-state index is -0.556. The van der Waals surface area contributed by atoms with E-state index in [-0.39, 0.29) is 30.1 Å². The van der Waals surface area contributed by atoms with Crippen molar-refractivity contribution < 1.29 is 23.9 Å². The lowest BCUT2D eigenvalue weighted by molar-refractivity contribution is -0.138. The number of amides is 1. The molecule has 0 aromatic rings. The number of carbonyl (C=O) groups excluding carboxylic acids is 3. The van der Waals surface area contributed by atoms with E-state index < -0.39 is 12.1 Å². The van der Waals surface area contributed by atoms with E-state index in [0.717, 1.165) is 18.9 Å². The van der Waals surface area contributed by atoms with Crippen LogP contribution in [0.5, 0.6) is 0 Å². The molecule has 1 saturated carbocycles. The number of aliphatic imine (C=N–C) groups is 1. The molecule has 2 atom stereocenters. The molecule has 1 rings (SSSR count). The summed E-state index contributed by atoms with van der Waals surface area (Å²) in [7, 11) is 0. The van der Waals surface area contributed by atoms with Gasteiger partial charge in [0.15, 0.2) is 0 Å². The summed E-state index contributed by atoms with van der Waals surface area (Å²) in [6.07, 6.45) is 4.52. The third-order valence-corrected chi connectivity index (χ3v) is 4.02. The number of ether oxygens (including phenoxy) is 2. The van der Waals surface area contributed by atoms with Gasteiger partial charge >= 0.3 is 12.1 Å². The molecule has 7 heteroatoms. The first-order valence-corrected chi connectivity index (χ1v) is 7.96. The van der Waals surface area contributed by atoms with E-state index in [1.165, 1.54) is 0 Å². The van der Waals surface area contributed by atoms with Gasteiger partial charge in [0.05, 0.1) is 6.54 Å². The molecule has 0 aliphatic heterocycles. The Hall–Kier alpha value is -2.14. The lowest BCUT2D eigenvalue weighted by Gasteiger charge is -2.45. The highest BCUT2D eigenvalue weighted by Crippen LogP contribution is 2.46. The summed E-state index contributed by atoms with van der Waals surface area (Å²) < 4.78 is 9.74. The van der Waals surface area contributed by atoms with Crippen LogP contribution in [0.1, 0.15) is 40.0 Å². The second kappa shape index (κ2) is 8.64. The van der Waals surface area contributed by atoms with E-state index in [9.17, 15) is 14.4 Å². The third-order valence-electron chi connectivity index (χ3n) is 4.02. The Morgan fingerprint density at radius 3 is 2.58 bits per heavy atom. The Morgan fingerprint density at radius 1 is 1.29 bits per heavy atom. The summed E-state index contributed by atoms with van der Waals surface area (Å²) in [6, 6.07) is -0.0659. The fourth-order valence-electron chi connectivity index (χ4n) is 3.62. The number of nitrogens with one attached hydrogen (secondary N) is 1. The monoisotopic (exact) mass is 338 g/mol. The molecule has 0 saturated heterocycles. The van der Waals surface area contributed by atoms with Crippen molar-refractivity contribution in [2.75, 3.05) is 19.8 Å². The van der Waals surface area contributed by atoms with Gasteiger partial charge in [-0.3, -0.25) is 0 Å². The zero-order chi connectivity index (χ0) is 18.2. The first-order valence-electron chi connectivity index (χ1n) is 7.96. The number of isocyanates is 1. The van der Waals surface area contributed by atoms with E-state index in [4.69, 9.17) is 9.47 Å². The van der Waals surface area contributed by atoms with Crippen LogP contribution in [0.3, 0.4) is 0 Å². The molecule has 0 bridgehead atoms. The maximum absolute atomic E-state index is 11.9. The fourth-order valence-corrected chi connectivity index (χ4v) is 3.62. The van der Waals surface area contributed by atoms with Crippen molar-refractivity contribution in [1.82, 2.24) is 5.32 Å². The molecule has 1 aliphatic carbocycles. The smallest absolute Gasteiger partial charge is 0.407 e. The van der Waals surface area contributed by atoms with Gasteiger partial charge in [0.1, 0.15) is 13.2 Å². The summed E-state index contributed by atoms with van der Waals surface area (Å²) in [5.74, 6) is -0.556. The first kappa shape index (κ1) is 19.9. The van der Waals surface area contributed by atoms with Crippen LogP contribution in [0.2, 0.25) is 0 Å². The molecule has 1 amide bonds. The summed E-state index contributed by atoms with van der Waals surface area (Å²) >= 11 is 0. The molecule has 0 radical (unpaired) electrons. The minimum Gasteiger partial charge on any atom is -0.459 e. The van der Waals surface area contributed by atoms with Crippen LogP contribution < -0.4 is 5.32 Å². The van der Waals surface area contributed by atoms with E-state index >= 15 is 0 Å². The van der Waals surface area contributed by atoms with E-state index in [1.54, 1.807) is 6.08 Å². The van der Waals surface area contributed by atoms with Crippen LogP contribution in [0.4, 0.5) is 4.79 Å². The Balaban J connectivity index is 2.50. The van der Waals surface area contributed by atoms with Gasteiger partial charge in [-0.15, -0.1) is 0 Å². The van der Waals surface area contributed by atoms with Crippen molar-refractivity contribution >= 4 is 18.1 Å². The number of nitrogens with zero attached hydrogens (tertiary/aromatic N) is 1. The number of rotatable bonds is 7. The molecule has 134 valence electrons. The second-order valence-corrected chi connectivity index (χ2v) is 7.32. The van der Waals surface area contributed by atoms with Crippen LogP contribution >= 0.6 is 0 Å². The number of alkyl carbamates (subject to hydrolysis) is 1. The zero-order valence-electron chi connectivity index (χ0n) is 14.6. The Labute approximate surface area is 142 Å². The SMILES string of the molecule is C=CC(=O)OCCOC(=O)NC1CC(C)(C)CC(C)(CN=C=O)C1. The number of esters is 1. The number of carbonyl (C=O) groups is 2. The molecule has 0 aromatic carbocycles. The van der Waals surface area contributed by atoms with Crippen LogP contribution in [-0.2, 0) is 19.1 Å². The van der Waals surface area contributed by atoms with Crippen LogP contribution in [-0.4, -0.2) is 43.9 Å². The quantitative estimate of drug-likeness (QED) is 0.253. The minimum absolute atomic E-state index is 0.0137. The topological polar surface area (TPSA) is 94.1 Å². The molecule has 1 fully saturated rings. The predicted molar refractivity (Wildman–Crippen MR) is 88.2 cm³/mol. The highest BCUT2D eigenvalue weighted by atomic mass is 16.6. The molecule has 1 N–H and O–H groups in total. The summed E-state index contributed by atoms with van der Waals surface area (Å²) in [6.45, 7) is 9.95. The molecule has 7 nitrogen and oxygen atoms in total. The number of hydrogen-bond donors (Lipinski definition) is 1. The molecule has 2 unspecified atom stereocenters. The normalized spacial score (nSPS) is 25.0. The van der Waals surface area contributed by atoms with Gasteiger partial charge in [0.25, 0.3) is 0 Å². The van der Waals surface area contributed by atoms with Gasteiger partial charge in [-0.05, 0) is 30.1 Å². The van der Waals surface area contributed by atoms with Crippen molar-refractivity contribution in [3.05, 3.63) is 12.7 Å². The maximum atomic E-state index is 11.9. The molecular weight excluding hydrogens is 312 g/mol. The van der Waals surface area contributed by atoms with Crippen molar-refractivity contribution in [2.24, 2.45) is 15.8 Å². The first-order chi connectivity index (χ1) is 11.2. The van der Waals surface area contributed by atoms with Gasteiger partial charge in [-0.25, -0.2) is 19.4 Å². The fraction of sp³-hybridized carbons (Fsp3) is 0.706. The lowest BCUT2D eigenvalue weighted by Crippen LogP contribution is -2.48. The molecule has 24 heavy (non-hydrogen) atoms. The summed E-state index contributed by atoms with van der Waals surface area (Å²) in [5, 5.41) is 2.85. The average molecular weight is 338 g/mol. The van der Waals surface area contributed by atoms with E-state index in [0.29, 0.717) is 13.0 Å². The van der Waals surface area contributed by atoms with Gasteiger partial charge in [-0.2, -0.15) is 0 Å². The largest absolute Gasteiger partial charge is 0.459 e. The second-order valence-electron chi connectivity index (χ2n) is 7.32. The van der Waals surface area contributed by atoms with E-state index in [1.807, 2.05) is 0 Å². The van der Waals surface area contributed by atoms with Crippen molar-refractivity contribution in [3.8, 4) is 0 Å².